The van der Waals surface area contributed by atoms with E-state index >= 15 is 0 Å². The summed E-state index contributed by atoms with van der Waals surface area (Å²) in [4.78, 5) is 11.9. The van der Waals surface area contributed by atoms with Crippen molar-refractivity contribution >= 4 is 5.91 Å². The molecule has 1 amide bonds. The number of nitrogens with one attached hydrogen (secondary N) is 1. The molecule has 0 spiro atoms. The number of benzene rings is 1. The fraction of sp³-hybridized carbons (Fsp3) is 0.444. The summed E-state index contributed by atoms with van der Waals surface area (Å²) in [6.45, 7) is 8.12. The van der Waals surface area contributed by atoms with Crippen LogP contribution in [0.3, 0.4) is 0 Å². The quantitative estimate of drug-likeness (QED) is 0.762. The molecule has 0 aliphatic rings. The maximum atomic E-state index is 11.9. The summed E-state index contributed by atoms with van der Waals surface area (Å²) in [6, 6.07) is 9.72. The van der Waals surface area contributed by atoms with Gasteiger partial charge < -0.3 is 10.1 Å². The van der Waals surface area contributed by atoms with Crippen LogP contribution in [-0.2, 0) is 17.8 Å². The lowest BCUT2D eigenvalue weighted by Gasteiger charge is -2.08. The second kappa shape index (κ2) is 8.36. The number of hydrogen-bond donors (Lipinski definition) is 1. The van der Waals surface area contributed by atoms with Gasteiger partial charge in [0.25, 0.3) is 0 Å². The predicted molar refractivity (Wildman–Crippen MR) is 90.6 cm³/mol. The Morgan fingerprint density at radius 2 is 2.00 bits per heavy atom. The van der Waals surface area contributed by atoms with Gasteiger partial charge in [0.1, 0.15) is 5.75 Å². The molecule has 0 unspecified atom stereocenters. The van der Waals surface area contributed by atoms with Gasteiger partial charge in [-0.25, -0.2) is 0 Å². The van der Waals surface area contributed by atoms with E-state index in [1.165, 1.54) is 0 Å². The van der Waals surface area contributed by atoms with Crippen LogP contribution in [0.25, 0.3) is 0 Å². The second-order valence-corrected chi connectivity index (χ2v) is 5.61. The summed E-state index contributed by atoms with van der Waals surface area (Å²) in [7, 11) is 0. The molecule has 0 radical (unpaired) electrons. The number of carbonyl (C=O) groups is 1. The van der Waals surface area contributed by atoms with E-state index in [4.69, 9.17) is 4.74 Å². The summed E-state index contributed by atoms with van der Waals surface area (Å²) < 4.78 is 7.37. The van der Waals surface area contributed by atoms with E-state index in [-0.39, 0.29) is 5.91 Å². The number of aryl methyl sites for hydroxylation is 3. The third-order valence-electron chi connectivity index (χ3n) is 3.57. The number of carbonyl (C=O) groups excluding carboxylic acids is 1. The van der Waals surface area contributed by atoms with E-state index in [0.717, 1.165) is 35.7 Å². The molecule has 0 bridgehead atoms. The van der Waals surface area contributed by atoms with Gasteiger partial charge in [-0.1, -0.05) is 12.1 Å². The molecule has 0 saturated heterocycles. The van der Waals surface area contributed by atoms with Gasteiger partial charge in [0.15, 0.2) is 0 Å². The molecule has 124 valence electrons. The SMILES string of the molecule is CCOc1ccc(CC(=O)NCCCn2nc(C)cc2C)cc1. The minimum absolute atomic E-state index is 0.0440. The Morgan fingerprint density at radius 3 is 2.61 bits per heavy atom. The first-order chi connectivity index (χ1) is 11.1. The number of nitrogens with zero attached hydrogens (tertiary/aromatic N) is 2. The zero-order chi connectivity index (χ0) is 16.7. The minimum Gasteiger partial charge on any atom is -0.494 e. The van der Waals surface area contributed by atoms with Crippen molar-refractivity contribution in [1.29, 1.82) is 0 Å². The maximum Gasteiger partial charge on any atom is 0.224 e. The normalized spacial score (nSPS) is 10.6. The van der Waals surface area contributed by atoms with Crippen LogP contribution in [0.1, 0.15) is 30.3 Å². The van der Waals surface area contributed by atoms with Crippen molar-refractivity contribution in [2.45, 2.75) is 40.2 Å². The third-order valence-corrected chi connectivity index (χ3v) is 3.57. The number of amides is 1. The van der Waals surface area contributed by atoms with Crippen molar-refractivity contribution in [1.82, 2.24) is 15.1 Å². The van der Waals surface area contributed by atoms with Gasteiger partial charge >= 0.3 is 0 Å². The Labute approximate surface area is 137 Å². The highest BCUT2D eigenvalue weighted by Gasteiger charge is 2.04. The van der Waals surface area contributed by atoms with Crippen LogP contribution in [0, 0.1) is 13.8 Å². The molecule has 1 aromatic heterocycles. The Balaban J connectivity index is 1.69. The molecule has 5 heteroatoms. The molecule has 2 aromatic rings. The molecule has 0 saturated carbocycles. The van der Waals surface area contributed by atoms with E-state index in [9.17, 15) is 4.79 Å². The Bertz CT molecular complexity index is 632. The van der Waals surface area contributed by atoms with Crippen LogP contribution in [0.5, 0.6) is 5.75 Å². The maximum absolute atomic E-state index is 11.9. The van der Waals surface area contributed by atoms with Crippen molar-refractivity contribution in [2.75, 3.05) is 13.2 Å². The van der Waals surface area contributed by atoms with Crippen molar-refractivity contribution in [3.63, 3.8) is 0 Å². The fourth-order valence-electron chi connectivity index (χ4n) is 2.48. The monoisotopic (exact) mass is 315 g/mol. The van der Waals surface area contributed by atoms with Crippen LogP contribution < -0.4 is 10.1 Å². The number of hydrogen-bond acceptors (Lipinski definition) is 3. The molecule has 0 atom stereocenters. The largest absolute Gasteiger partial charge is 0.494 e. The van der Waals surface area contributed by atoms with E-state index in [1.807, 2.05) is 49.7 Å². The lowest BCUT2D eigenvalue weighted by Crippen LogP contribution is -2.27. The molecule has 5 nitrogen and oxygen atoms in total. The first-order valence-electron chi connectivity index (χ1n) is 8.08. The summed E-state index contributed by atoms with van der Waals surface area (Å²) in [6.07, 6.45) is 1.27. The van der Waals surface area contributed by atoms with Crippen LogP contribution in [0.15, 0.2) is 30.3 Å². The Morgan fingerprint density at radius 1 is 1.26 bits per heavy atom. The topological polar surface area (TPSA) is 56.1 Å². The first kappa shape index (κ1) is 17.1. The molecular weight excluding hydrogens is 290 g/mol. The molecule has 23 heavy (non-hydrogen) atoms. The summed E-state index contributed by atoms with van der Waals surface area (Å²) in [5.74, 6) is 0.879. The summed E-state index contributed by atoms with van der Waals surface area (Å²) in [5.41, 5.74) is 3.18. The van der Waals surface area contributed by atoms with Crippen LogP contribution in [-0.4, -0.2) is 28.8 Å². The van der Waals surface area contributed by atoms with Gasteiger partial charge in [0, 0.05) is 18.8 Å². The minimum atomic E-state index is 0.0440. The first-order valence-corrected chi connectivity index (χ1v) is 8.08. The van der Waals surface area contributed by atoms with E-state index in [1.54, 1.807) is 0 Å². The number of rotatable bonds is 8. The number of ether oxygens (including phenoxy) is 1. The van der Waals surface area contributed by atoms with Crippen molar-refractivity contribution in [2.24, 2.45) is 0 Å². The van der Waals surface area contributed by atoms with E-state index < -0.39 is 0 Å². The zero-order valence-electron chi connectivity index (χ0n) is 14.1. The molecule has 0 aliphatic heterocycles. The highest BCUT2D eigenvalue weighted by atomic mass is 16.5. The lowest BCUT2D eigenvalue weighted by atomic mass is 10.1. The van der Waals surface area contributed by atoms with Crippen LogP contribution in [0.4, 0.5) is 0 Å². The molecule has 0 aliphatic carbocycles. The fourth-order valence-corrected chi connectivity index (χ4v) is 2.48. The second-order valence-electron chi connectivity index (χ2n) is 5.61. The Hall–Kier alpha value is -2.30. The van der Waals surface area contributed by atoms with Gasteiger partial charge in [-0.15, -0.1) is 0 Å². The Kier molecular flexibility index (Phi) is 6.20. The molecule has 2 rings (SSSR count). The molecule has 0 fully saturated rings. The molecule has 1 aromatic carbocycles. The summed E-state index contributed by atoms with van der Waals surface area (Å²) >= 11 is 0. The van der Waals surface area contributed by atoms with Crippen molar-refractivity contribution in [3.05, 3.63) is 47.3 Å². The smallest absolute Gasteiger partial charge is 0.224 e. The molecule has 1 heterocycles. The predicted octanol–water partition coefficient (Wildman–Crippen LogP) is 2.65. The third kappa shape index (κ3) is 5.43. The highest BCUT2D eigenvalue weighted by Crippen LogP contribution is 2.12. The zero-order valence-corrected chi connectivity index (χ0v) is 14.1. The van der Waals surface area contributed by atoms with Gasteiger partial charge in [0.2, 0.25) is 5.91 Å². The van der Waals surface area contributed by atoms with E-state index in [2.05, 4.69) is 16.5 Å². The van der Waals surface area contributed by atoms with Crippen molar-refractivity contribution in [3.8, 4) is 5.75 Å². The van der Waals surface area contributed by atoms with Crippen LogP contribution >= 0.6 is 0 Å². The molecular formula is C18H25N3O2. The van der Waals surface area contributed by atoms with Gasteiger partial charge in [0.05, 0.1) is 18.7 Å². The van der Waals surface area contributed by atoms with Crippen LogP contribution in [0.2, 0.25) is 0 Å². The summed E-state index contributed by atoms with van der Waals surface area (Å²) in [5, 5.41) is 7.37. The average molecular weight is 315 g/mol. The standard InChI is InChI=1S/C18H25N3O2/c1-4-23-17-8-6-16(7-9-17)13-18(22)19-10-5-11-21-15(3)12-14(2)20-21/h6-9,12H,4-5,10-11,13H2,1-3H3,(H,19,22). The number of aromatic nitrogens is 2. The lowest BCUT2D eigenvalue weighted by molar-refractivity contribution is -0.120. The highest BCUT2D eigenvalue weighted by molar-refractivity contribution is 5.78. The average Bonchev–Trinajstić information content (AvgIpc) is 2.84. The van der Waals surface area contributed by atoms with Gasteiger partial charge in [-0.2, -0.15) is 5.10 Å². The van der Waals surface area contributed by atoms with Gasteiger partial charge in [-0.05, 0) is 51.0 Å². The van der Waals surface area contributed by atoms with E-state index in [0.29, 0.717) is 19.6 Å². The van der Waals surface area contributed by atoms with Gasteiger partial charge in [-0.3, -0.25) is 9.48 Å². The van der Waals surface area contributed by atoms with Crippen molar-refractivity contribution < 1.29 is 9.53 Å². The molecule has 1 N–H and O–H groups in total.